The topological polar surface area (TPSA) is 173 Å². The number of aromatic nitrogens is 4. The lowest BCUT2D eigenvalue weighted by Crippen LogP contribution is -2.50. The Morgan fingerprint density at radius 3 is 2.58 bits per heavy atom. The molecule has 0 bridgehead atoms. The van der Waals surface area contributed by atoms with Crippen LogP contribution in [0.4, 0.5) is 17.2 Å². The minimum atomic E-state index is -0.514. The van der Waals surface area contributed by atoms with Gasteiger partial charge < -0.3 is 30.5 Å². The molecule has 3 aromatic rings. The number of carbonyl (C=O) groups is 3. The van der Waals surface area contributed by atoms with Crippen LogP contribution in [0.2, 0.25) is 0 Å². The lowest BCUT2D eigenvalue weighted by atomic mass is 9.49. The van der Waals surface area contributed by atoms with Crippen molar-refractivity contribution in [2.24, 2.45) is 5.92 Å². The van der Waals surface area contributed by atoms with Gasteiger partial charge in [-0.15, -0.1) is 10.2 Å². The van der Waals surface area contributed by atoms with Crippen LogP contribution in [0.5, 0.6) is 5.75 Å². The standard InChI is InChI=1S/C22H27B3N8O5/c1-10(34)26-9-16-29-19(33-38-16)12-4-3-5-13(18(12)37-2)27-14-8-15(28-20(35)11-6-7-11)31-32-17(14)21(36)30-22(23,24)25/h3-5,8,11H,6-7,9,23-25H2,1-2H3,(H,26,34)(H,30,36)(H2,27,28,31,35). The van der Waals surface area contributed by atoms with Crippen LogP contribution in [0.3, 0.4) is 0 Å². The molecule has 194 valence electrons. The molecule has 2 aromatic heterocycles. The first-order chi connectivity index (χ1) is 18.0. The van der Waals surface area contributed by atoms with Gasteiger partial charge in [-0.3, -0.25) is 14.4 Å². The van der Waals surface area contributed by atoms with Gasteiger partial charge in [0, 0.05) is 18.9 Å². The van der Waals surface area contributed by atoms with Crippen LogP contribution < -0.4 is 26.0 Å². The van der Waals surface area contributed by atoms with Crippen molar-refractivity contribution in [1.29, 1.82) is 0 Å². The fourth-order valence-electron chi connectivity index (χ4n) is 3.50. The van der Waals surface area contributed by atoms with Gasteiger partial charge in [-0.05, 0) is 30.2 Å². The Hall–Kier alpha value is -4.36. The first-order valence-corrected chi connectivity index (χ1v) is 12.1. The highest BCUT2D eigenvalue weighted by molar-refractivity contribution is 6.60. The Kier molecular flexibility index (Phi) is 7.69. The summed E-state index contributed by atoms with van der Waals surface area (Å²) in [6, 6.07) is 6.80. The summed E-state index contributed by atoms with van der Waals surface area (Å²) in [6.45, 7) is 1.48. The van der Waals surface area contributed by atoms with E-state index in [9.17, 15) is 14.4 Å². The molecule has 2 heterocycles. The SMILES string of the molecule is BC(B)(B)NC(=O)c1nnc(NC(=O)C2CC2)cc1Nc1cccc(-c2noc(CNC(C)=O)n2)c1OC. The number of hydrogen-bond acceptors (Lipinski definition) is 10. The summed E-state index contributed by atoms with van der Waals surface area (Å²) in [5, 5.41) is 23.1. The molecule has 1 fully saturated rings. The highest BCUT2D eigenvalue weighted by Crippen LogP contribution is 2.37. The molecule has 0 spiro atoms. The van der Waals surface area contributed by atoms with E-state index in [1.165, 1.54) is 14.0 Å². The number of nitrogens with one attached hydrogen (secondary N) is 4. The number of methoxy groups -OCH3 is 1. The molecule has 16 heteroatoms. The lowest BCUT2D eigenvalue weighted by molar-refractivity contribution is -0.119. The van der Waals surface area contributed by atoms with E-state index >= 15 is 0 Å². The van der Waals surface area contributed by atoms with Crippen molar-refractivity contribution in [1.82, 2.24) is 31.0 Å². The Morgan fingerprint density at radius 1 is 1.16 bits per heavy atom. The fraction of sp³-hybridized carbons (Fsp3) is 0.318. The second-order valence-corrected chi connectivity index (χ2v) is 9.89. The average molecular weight is 516 g/mol. The van der Waals surface area contributed by atoms with Crippen molar-refractivity contribution in [3.63, 3.8) is 0 Å². The maximum absolute atomic E-state index is 13.0. The van der Waals surface area contributed by atoms with E-state index in [0.717, 1.165) is 12.8 Å². The van der Waals surface area contributed by atoms with Crippen molar-refractivity contribution < 1.29 is 23.6 Å². The van der Waals surface area contributed by atoms with Crippen LogP contribution in [0, 0.1) is 5.92 Å². The number of anilines is 3. The van der Waals surface area contributed by atoms with Crippen molar-refractivity contribution in [2.75, 3.05) is 17.7 Å². The van der Waals surface area contributed by atoms with Crippen LogP contribution in [0.15, 0.2) is 28.8 Å². The normalized spacial score (nSPS) is 12.9. The number of carbonyl (C=O) groups excluding carboxylic acids is 3. The molecule has 1 aliphatic rings. The molecule has 38 heavy (non-hydrogen) atoms. The Balaban J connectivity index is 1.68. The molecule has 0 aliphatic heterocycles. The maximum atomic E-state index is 13.0. The van der Waals surface area contributed by atoms with Gasteiger partial charge in [-0.2, -0.15) is 4.98 Å². The van der Waals surface area contributed by atoms with E-state index in [2.05, 4.69) is 41.6 Å². The number of rotatable bonds is 10. The first kappa shape index (κ1) is 26.7. The smallest absolute Gasteiger partial charge is 0.272 e. The molecule has 0 radical (unpaired) electrons. The number of hydrogen-bond donors (Lipinski definition) is 4. The minimum absolute atomic E-state index is 0.0284. The number of ether oxygens (including phenoxy) is 1. The zero-order valence-electron chi connectivity index (χ0n) is 21.8. The van der Waals surface area contributed by atoms with E-state index in [1.807, 2.05) is 23.5 Å². The molecule has 1 aromatic carbocycles. The molecule has 1 saturated carbocycles. The number of benzene rings is 1. The zero-order chi connectivity index (χ0) is 27.4. The van der Waals surface area contributed by atoms with Crippen LogP contribution in [-0.2, 0) is 16.1 Å². The average Bonchev–Trinajstić information content (AvgIpc) is 3.59. The predicted molar refractivity (Wildman–Crippen MR) is 146 cm³/mol. The molecular weight excluding hydrogens is 489 g/mol. The highest BCUT2D eigenvalue weighted by Gasteiger charge is 2.30. The number of para-hydroxylation sites is 1. The van der Waals surface area contributed by atoms with E-state index in [0.29, 0.717) is 22.7 Å². The van der Waals surface area contributed by atoms with Crippen LogP contribution in [-0.4, -0.2) is 73.9 Å². The Morgan fingerprint density at radius 2 is 1.92 bits per heavy atom. The fourth-order valence-corrected chi connectivity index (χ4v) is 3.50. The van der Waals surface area contributed by atoms with E-state index < -0.39 is 11.1 Å². The molecule has 0 atom stereocenters. The molecular formula is C22H27B3N8O5. The third-order valence-corrected chi connectivity index (χ3v) is 5.38. The second kappa shape index (κ2) is 10.9. The lowest BCUT2D eigenvalue weighted by Gasteiger charge is -2.21. The second-order valence-electron chi connectivity index (χ2n) is 9.89. The molecule has 13 nitrogen and oxygen atoms in total. The summed E-state index contributed by atoms with van der Waals surface area (Å²) in [5.41, 5.74) is 1.34. The summed E-state index contributed by atoms with van der Waals surface area (Å²) in [7, 11) is 7.05. The van der Waals surface area contributed by atoms with Gasteiger partial charge in [0.05, 0.1) is 30.6 Å². The van der Waals surface area contributed by atoms with E-state index in [4.69, 9.17) is 9.26 Å². The van der Waals surface area contributed by atoms with Crippen LogP contribution in [0.1, 0.15) is 36.1 Å². The molecule has 0 unspecified atom stereocenters. The summed E-state index contributed by atoms with van der Waals surface area (Å²) in [5.74, 6) is 0.243. The van der Waals surface area contributed by atoms with Crippen molar-refractivity contribution >= 4 is 58.5 Å². The third kappa shape index (κ3) is 6.69. The molecule has 0 saturated heterocycles. The van der Waals surface area contributed by atoms with Crippen LogP contribution in [0.25, 0.3) is 11.4 Å². The third-order valence-electron chi connectivity index (χ3n) is 5.38. The Bertz CT molecular complexity index is 1370. The number of nitrogens with zero attached hydrogens (tertiary/aromatic N) is 4. The predicted octanol–water partition coefficient (Wildman–Crippen LogP) is -1.50. The summed E-state index contributed by atoms with van der Waals surface area (Å²) in [6.07, 6.45) is 1.67. The van der Waals surface area contributed by atoms with Gasteiger partial charge in [0.15, 0.2) is 17.3 Å². The maximum Gasteiger partial charge on any atom is 0.272 e. The van der Waals surface area contributed by atoms with Gasteiger partial charge in [-0.25, -0.2) is 0 Å². The zero-order valence-corrected chi connectivity index (χ0v) is 21.8. The monoisotopic (exact) mass is 516 g/mol. The molecule has 3 amide bonds. The van der Waals surface area contributed by atoms with Crippen LogP contribution >= 0.6 is 0 Å². The summed E-state index contributed by atoms with van der Waals surface area (Å²) >= 11 is 0. The molecule has 1 aliphatic carbocycles. The quantitative estimate of drug-likeness (QED) is 0.233. The number of amides is 3. The van der Waals surface area contributed by atoms with Crippen molar-refractivity contribution in [3.05, 3.63) is 35.9 Å². The van der Waals surface area contributed by atoms with E-state index in [1.54, 1.807) is 24.3 Å². The summed E-state index contributed by atoms with van der Waals surface area (Å²) < 4.78 is 10.9. The summed E-state index contributed by atoms with van der Waals surface area (Å²) in [4.78, 5) is 40.9. The van der Waals surface area contributed by atoms with Gasteiger partial charge >= 0.3 is 0 Å². The van der Waals surface area contributed by atoms with Gasteiger partial charge in [0.2, 0.25) is 23.5 Å². The highest BCUT2D eigenvalue weighted by atomic mass is 16.5. The molecule has 4 N–H and O–H groups in total. The van der Waals surface area contributed by atoms with Gasteiger partial charge in [-0.1, -0.05) is 11.2 Å². The van der Waals surface area contributed by atoms with Gasteiger partial charge in [0.1, 0.15) is 23.5 Å². The minimum Gasteiger partial charge on any atom is -0.494 e. The first-order valence-electron chi connectivity index (χ1n) is 12.1. The Labute approximate surface area is 221 Å². The van der Waals surface area contributed by atoms with Gasteiger partial charge in [0.25, 0.3) is 5.91 Å². The van der Waals surface area contributed by atoms with E-state index in [-0.39, 0.29) is 47.5 Å². The van der Waals surface area contributed by atoms with Crippen molar-refractivity contribution in [3.8, 4) is 17.1 Å². The largest absolute Gasteiger partial charge is 0.494 e. The van der Waals surface area contributed by atoms with Crippen molar-refractivity contribution in [2.45, 2.75) is 31.5 Å². The molecule has 4 rings (SSSR count).